The average molecular weight is 479 g/mol. The lowest BCUT2D eigenvalue weighted by Crippen LogP contribution is -2.31. The number of ether oxygens (including phenoxy) is 3. The van der Waals surface area contributed by atoms with Crippen LogP contribution >= 0.6 is 27.5 Å². The summed E-state index contributed by atoms with van der Waals surface area (Å²) in [7, 11) is 4.63. The predicted molar refractivity (Wildman–Crippen MR) is 116 cm³/mol. The molecule has 1 aliphatic carbocycles. The zero-order valence-corrected chi connectivity index (χ0v) is 18.6. The number of anilines is 1. The van der Waals surface area contributed by atoms with E-state index in [-0.39, 0.29) is 23.8 Å². The first-order valence-electron chi connectivity index (χ1n) is 9.25. The molecule has 0 fully saturated rings. The zero-order chi connectivity index (χ0) is 20.7. The van der Waals surface area contributed by atoms with Crippen LogP contribution in [0.2, 0.25) is 5.02 Å². The van der Waals surface area contributed by atoms with Gasteiger partial charge in [-0.1, -0.05) is 23.8 Å². The number of carbonyl (C=O) groups excluding carboxylic acids is 1. The molecule has 0 bridgehead atoms. The first kappa shape index (κ1) is 20.1. The molecule has 0 spiro atoms. The SMILES string of the molecule is COC(=O)c1ccc(Cl)c2c1[C@@H]1C=CC[C@H]1[C@@H](c1cc(Br)c(OC)c(OC)c1)N2. The molecule has 0 radical (unpaired) electrons. The highest BCUT2D eigenvalue weighted by Gasteiger charge is 2.41. The number of carbonyl (C=O) groups is 1. The van der Waals surface area contributed by atoms with Gasteiger partial charge in [-0.15, -0.1) is 0 Å². The van der Waals surface area contributed by atoms with E-state index < -0.39 is 0 Å². The van der Waals surface area contributed by atoms with Crippen LogP contribution in [0.1, 0.15) is 39.9 Å². The first-order valence-corrected chi connectivity index (χ1v) is 10.4. The number of methoxy groups -OCH3 is 3. The second-order valence-corrected chi connectivity index (χ2v) is 8.35. The lowest BCUT2D eigenvalue weighted by Gasteiger charge is -2.39. The molecule has 4 rings (SSSR count). The molecule has 0 unspecified atom stereocenters. The van der Waals surface area contributed by atoms with Crippen molar-refractivity contribution in [1.82, 2.24) is 0 Å². The Labute approximate surface area is 183 Å². The van der Waals surface area contributed by atoms with Gasteiger partial charge in [-0.05, 0) is 63.7 Å². The summed E-state index contributed by atoms with van der Waals surface area (Å²) in [5.74, 6) is 1.25. The third kappa shape index (κ3) is 3.28. The highest BCUT2D eigenvalue weighted by molar-refractivity contribution is 9.10. The molecule has 152 valence electrons. The van der Waals surface area contributed by atoms with E-state index >= 15 is 0 Å². The van der Waals surface area contributed by atoms with Crippen LogP contribution < -0.4 is 14.8 Å². The van der Waals surface area contributed by atoms with E-state index in [1.54, 1.807) is 26.4 Å². The summed E-state index contributed by atoms with van der Waals surface area (Å²) in [6, 6.07) is 7.49. The van der Waals surface area contributed by atoms with Crippen molar-refractivity contribution in [3.8, 4) is 11.5 Å². The number of halogens is 2. The minimum absolute atomic E-state index is 0.0102. The summed E-state index contributed by atoms with van der Waals surface area (Å²) in [4.78, 5) is 12.4. The van der Waals surface area contributed by atoms with E-state index in [9.17, 15) is 4.79 Å². The highest BCUT2D eigenvalue weighted by Crippen LogP contribution is 2.53. The van der Waals surface area contributed by atoms with Gasteiger partial charge < -0.3 is 19.5 Å². The van der Waals surface area contributed by atoms with Gasteiger partial charge in [-0.25, -0.2) is 4.79 Å². The number of allylic oxidation sites excluding steroid dienone is 2. The van der Waals surface area contributed by atoms with E-state index in [4.69, 9.17) is 25.8 Å². The summed E-state index contributed by atoms with van der Waals surface area (Å²) in [6.07, 6.45) is 5.22. The Morgan fingerprint density at radius 3 is 2.69 bits per heavy atom. The molecule has 0 saturated carbocycles. The van der Waals surface area contributed by atoms with Crippen LogP contribution in [0.5, 0.6) is 11.5 Å². The maximum Gasteiger partial charge on any atom is 0.338 e. The molecular weight excluding hydrogens is 458 g/mol. The van der Waals surface area contributed by atoms with Gasteiger partial charge in [0.15, 0.2) is 11.5 Å². The van der Waals surface area contributed by atoms with Crippen molar-refractivity contribution in [2.24, 2.45) is 5.92 Å². The van der Waals surface area contributed by atoms with Crippen LogP contribution in [0.4, 0.5) is 5.69 Å². The fourth-order valence-electron chi connectivity index (χ4n) is 4.41. The van der Waals surface area contributed by atoms with Crippen LogP contribution in [0.15, 0.2) is 40.9 Å². The molecule has 29 heavy (non-hydrogen) atoms. The Morgan fingerprint density at radius 2 is 2.00 bits per heavy atom. The molecule has 3 atom stereocenters. The summed E-state index contributed by atoms with van der Waals surface area (Å²) in [5.41, 5.74) is 3.28. The van der Waals surface area contributed by atoms with Crippen LogP contribution in [0.3, 0.4) is 0 Å². The van der Waals surface area contributed by atoms with E-state index in [1.807, 2.05) is 12.1 Å². The van der Waals surface area contributed by atoms with Gasteiger partial charge in [0.2, 0.25) is 0 Å². The normalized spacial score (nSPS) is 21.8. The topological polar surface area (TPSA) is 56.8 Å². The quantitative estimate of drug-likeness (QED) is 0.449. The maximum absolute atomic E-state index is 12.4. The fraction of sp³-hybridized carbons (Fsp3) is 0.318. The number of benzene rings is 2. The molecule has 1 heterocycles. The maximum atomic E-state index is 12.4. The lowest BCUT2D eigenvalue weighted by molar-refractivity contribution is 0.0598. The van der Waals surface area contributed by atoms with Crippen molar-refractivity contribution in [3.05, 3.63) is 62.6 Å². The van der Waals surface area contributed by atoms with E-state index in [2.05, 4.69) is 33.4 Å². The van der Waals surface area contributed by atoms with Crippen LogP contribution in [0, 0.1) is 5.92 Å². The lowest BCUT2D eigenvalue weighted by atomic mass is 9.75. The van der Waals surface area contributed by atoms with E-state index in [0.717, 1.165) is 27.7 Å². The molecule has 2 aromatic carbocycles. The Balaban J connectivity index is 1.85. The zero-order valence-electron chi connectivity index (χ0n) is 16.3. The summed E-state index contributed by atoms with van der Waals surface area (Å²) in [5, 5.41) is 4.17. The first-order chi connectivity index (χ1) is 14.0. The monoisotopic (exact) mass is 477 g/mol. The Morgan fingerprint density at radius 1 is 1.21 bits per heavy atom. The second-order valence-electron chi connectivity index (χ2n) is 7.09. The van der Waals surface area contributed by atoms with Gasteiger partial charge >= 0.3 is 5.97 Å². The largest absolute Gasteiger partial charge is 0.493 e. The Hall–Kier alpha value is -2.18. The molecule has 5 nitrogen and oxygen atoms in total. The van der Waals surface area contributed by atoms with E-state index in [1.165, 1.54) is 7.11 Å². The van der Waals surface area contributed by atoms with E-state index in [0.29, 0.717) is 22.1 Å². The molecule has 0 saturated heterocycles. The van der Waals surface area contributed by atoms with Crippen molar-refractivity contribution >= 4 is 39.2 Å². The number of hydrogen-bond acceptors (Lipinski definition) is 5. The van der Waals surface area contributed by atoms with Gasteiger partial charge in [-0.2, -0.15) is 0 Å². The van der Waals surface area contributed by atoms with Crippen molar-refractivity contribution in [1.29, 1.82) is 0 Å². The second kappa shape index (κ2) is 7.92. The van der Waals surface area contributed by atoms with Gasteiger partial charge in [0.25, 0.3) is 0 Å². The standard InChI is InChI=1S/C22H21BrClNO4/c1-27-17-10-11(9-15(23)21(17)28-2)19-13-6-4-5-12(13)18-14(22(26)29-3)7-8-16(24)20(18)25-19/h4-5,7-10,12-13,19,25H,6H2,1-3H3/t12-,13-,19-/m1/s1. The fourth-order valence-corrected chi connectivity index (χ4v) is 5.25. The number of esters is 1. The Bertz CT molecular complexity index is 1010. The minimum atomic E-state index is -0.355. The summed E-state index contributed by atoms with van der Waals surface area (Å²) < 4.78 is 16.8. The van der Waals surface area contributed by atoms with Crippen molar-refractivity contribution < 1.29 is 19.0 Å². The van der Waals surface area contributed by atoms with Crippen LogP contribution in [-0.4, -0.2) is 27.3 Å². The molecule has 1 N–H and O–H groups in total. The number of rotatable bonds is 4. The third-order valence-corrected chi connectivity index (χ3v) is 6.59. The summed E-state index contributed by atoms with van der Waals surface area (Å²) in [6.45, 7) is 0. The van der Waals surface area contributed by atoms with Crippen molar-refractivity contribution in [3.63, 3.8) is 0 Å². The van der Waals surface area contributed by atoms with Crippen molar-refractivity contribution in [2.75, 3.05) is 26.6 Å². The minimum Gasteiger partial charge on any atom is -0.493 e. The average Bonchev–Trinajstić information content (AvgIpc) is 3.22. The van der Waals surface area contributed by atoms with Gasteiger partial charge in [0.1, 0.15) is 0 Å². The van der Waals surface area contributed by atoms with Gasteiger partial charge in [0.05, 0.1) is 48.1 Å². The smallest absolute Gasteiger partial charge is 0.338 e. The Kier molecular flexibility index (Phi) is 5.49. The van der Waals surface area contributed by atoms with Crippen molar-refractivity contribution in [2.45, 2.75) is 18.4 Å². The molecule has 1 aliphatic heterocycles. The number of hydrogen-bond donors (Lipinski definition) is 1. The molecule has 0 amide bonds. The number of fused-ring (bicyclic) bond motifs is 3. The predicted octanol–water partition coefficient (Wildman–Crippen LogP) is 5.73. The molecule has 2 aromatic rings. The summed E-state index contributed by atoms with van der Waals surface area (Å²) >= 11 is 10.1. The molecule has 0 aromatic heterocycles. The third-order valence-electron chi connectivity index (χ3n) is 5.69. The highest BCUT2D eigenvalue weighted by atomic mass is 79.9. The number of nitrogens with one attached hydrogen (secondary N) is 1. The molecular formula is C22H21BrClNO4. The van der Waals surface area contributed by atoms with Gasteiger partial charge in [-0.3, -0.25) is 0 Å². The van der Waals surface area contributed by atoms with Crippen LogP contribution in [0.25, 0.3) is 0 Å². The molecule has 2 aliphatic rings. The van der Waals surface area contributed by atoms with Gasteiger partial charge in [0, 0.05) is 5.92 Å². The van der Waals surface area contributed by atoms with Crippen LogP contribution in [-0.2, 0) is 4.74 Å². The molecule has 7 heteroatoms.